The first-order chi connectivity index (χ1) is 7.73. The normalized spacial score (nSPS) is 28.0. The molecule has 16 heavy (non-hydrogen) atoms. The molecular formula is C11H16N2O3. The molecule has 1 aliphatic heterocycles. The second-order valence-corrected chi connectivity index (χ2v) is 4.46. The van der Waals surface area contributed by atoms with Crippen molar-refractivity contribution in [1.82, 2.24) is 4.90 Å². The first-order valence-electron chi connectivity index (χ1n) is 5.64. The molecule has 2 aliphatic rings. The van der Waals surface area contributed by atoms with E-state index in [-0.39, 0.29) is 18.6 Å². The van der Waals surface area contributed by atoms with Gasteiger partial charge in [0.15, 0.2) is 0 Å². The minimum atomic E-state index is -0.815. The number of morpholine rings is 1. The highest BCUT2D eigenvalue weighted by atomic mass is 16.5. The standard InChI is InChI=1S/C11H16N2O3/c12-8-11(2-1-3-11)10(15)13-4-5-16-7-9(13)6-14/h9,14H,1-7H2. The van der Waals surface area contributed by atoms with Crippen LogP contribution in [0.2, 0.25) is 0 Å². The van der Waals surface area contributed by atoms with Gasteiger partial charge < -0.3 is 14.7 Å². The molecule has 0 bridgehead atoms. The van der Waals surface area contributed by atoms with Gasteiger partial charge in [-0.1, -0.05) is 0 Å². The summed E-state index contributed by atoms with van der Waals surface area (Å²) in [5, 5.41) is 18.3. The van der Waals surface area contributed by atoms with Gasteiger partial charge in [0.1, 0.15) is 5.41 Å². The third-order valence-electron chi connectivity index (χ3n) is 3.53. The number of aliphatic hydroxyl groups excluding tert-OH is 1. The van der Waals surface area contributed by atoms with Crippen LogP contribution in [0.4, 0.5) is 0 Å². The van der Waals surface area contributed by atoms with Crippen molar-refractivity contribution in [2.45, 2.75) is 25.3 Å². The van der Waals surface area contributed by atoms with Crippen LogP contribution in [0.1, 0.15) is 19.3 Å². The van der Waals surface area contributed by atoms with E-state index in [0.717, 1.165) is 6.42 Å². The first kappa shape index (κ1) is 11.4. The van der Waals surface area contributed by atoms with Crippen LogP contribution in [0.25, 0.3) is 0 Å². The molecule has 0 spiro atoms. The van der Waals surface area contributed by atoms with Crippen LogP contribution in [0.15, 0.2) is 0 Å². The van der Waals surface area contributed by atoms with Crippen molar-refractivity contribution in [3.05, 3.63) is 0 Å². The number of carbonyl (C=O) groups is 1. The summed E-state index contributed by atoms with van der Waals surface area (Å²) in [5.41, 5.74) is -0.815. The van der Waals surface area contributed by atoms with E-state index in [1.54, 1.807) is 4.90 Å². The van der Waals surface area contributed by atoms with Crippen molar-refractivity contribution < 1.29 is 14.6 Å². The molecule has 0 aromatic carbocycles. The molecule has 1 unspecified atom stereocenters. The Labute approximate surface area is 94.6 Å². The molecule has 1 saturated heterocycles. The number of rotatable bonds is 2. The van der Waals surface area contributed by atoms with Gasteiger partial charge in [-0.3, -0.25) is 4.79 Å². The van der Waals surface area contributed by atoms with Gasteiger partial charge in [0, 0.05) is 6.54 Å². The van der Waals surface area contributed by atoms with Crippen molar-refractivity contribution in [2.24, 2.45) is 5.41 Å². The van der Waals surface area contributed by atoms with Crippen molar-refractivity contribution >= 4 is 5.91 Å². The molecular weight excluding hydrogens is 208 g/mol. The van der Waals surface area contributed by atoms with Gasteiger partial charge in [0.05, 0.1) is 31.9 Å². The summed E-state index contributed by atoms with van der Waals surface area (Å²) in [7, 11) is 0. The minimum absolute atomic E-state index is 0.104. The Morgan fingerprint density at radius 2 is 2.38 bits per heavy atom. The average molecular weight is 224 g/mol. The Hall–Kier alpha value is -1.12. The zero-order valence-electron chi connectivity index (χ0n) is 9.19. The molecule has 2 rings (SSSR count). The fraction of sp³-hybridized carbons (Fsp3) is 0.818. The number of carbonyl (C=O) groups excluding carboxylic acids is 1. The molecule has 5 nitrogen and oxygen atoms in total. The Morgan fingerprint density at radius 3 is 2.88 bits per heavy atom. The van der Waals surface area contributed by atoms with Gasteiger partial charge in [-0.25, -0.2) is 0 Å². The number of aliphatic hydroxyl groups is 1. The topological polar surface area (TPSA) is 73.6 Å². The predicted molar refractivity (Wildman–Crippen MR) is 55.3 cm³/mol. The van der Waals surface area contributed by atoms with E-state index in [1.165, 1.54) is 0 Å². The zero-order chi connectivity index (χ0) is 11.6. The molecule has 0 aromatic heterocycles. The predicted octanol–water partition coefficient (Wildman–Crippen LogP) is -0.100. The van der Waals surface area contributed by atoms with Gasteiger partial charge in [-0.05, 0) is 19.3 Å². The van der Waals surface area contributed by atoms with Crippen LogP contribution in [0.3, 0.4) is 0 Å². The summed E-state index contributed by atoms with van der Waals surface area (Å²) >= 11 is 0. The van der Waals surface area contributed by atoms with E-state index < -0.39 is 5.41 Å². The van der Waals surface area contributed by atoms with Crippen LogP contribution < -0.4 is 0 Å². The van der Waals surface area contributed by atoms with Crippen molar-refractivity contribution in [3.8, 4) is 6.07 Å². The van der Waals surface area contributed by atoms with Crippen LogP contribution in [-0.4, -0.2) is 48.3 Å². The first-order valence-corrected chi connectivity index (χ1v) is 5.64. The van der Waals surface area contributed by atoms with Crippen molar-refractivity contribution in [2.75, 3.05) is 26.4 Å². The molecule has 1 amide bonds. The van der Waals surface area contributed by atoms with E-state index in [4.69, 9.17) is 10.00 Å². The van der Waals surface area contributed by atoms with Gasteiger partial charge in [0.25, 0.3) is 0 Å². The summed E-state index contributed by atoms with van der Waals surface area (Å²) < 4.78 is 5.21. The molecule has 5 heteroatoms. The summed E-state index contributed by atoms with van der Waals surface area (Å²) in [5.74, 6) is -0.122. The second-order valence-electron chi connectivity index (χ2n) is 4.46. The molecule has 0 aromatic rings. The van der Waals surface area contributed by atoms with E-state index in [2.05, 4.69) is 6.07 Å². The lowest BCUT2D eigenvalue weighted by atomic mass is 9.69. The highest BCUT2D eigenvalue weighted by Gasteiger charge is 2.48. The van der Waals surface area contributed by atoms with Crippen LogP contribution in [0, 0.1) is 16.7 Å². The van der Waals surface area contributed by atoms with Crippen LogP contribution >= 0.6 is 0 Å². The molecule has 88 valence electrons. The lowest BCUT2D eigenvalue weighted by Gasteiger charge is -2.42. The van der Waals surface area contributed by atoms with E-state index in [1.807, 2.05) is 0 Å². The molecule has 1 N–H and O–H groups in total. The van der Waals surface area contributed by atoms with Crippen LogP contribution in [-0.2, 0) is 9.53 Å². The van der Waals surface area contributed by atoms with Crippen molar-refractivity contribution in [3.63, 3.8) is 0 Å². The van der Waals surface area contributed by atoms with Gasteiger partial charge in [0.2, 0.25) is 5.91 Å². The minimum Gasteiger partial charge on any atom is -0.394 e. The second kappa shape index (κ2) is 4.40. The third-order valence-corrected chi connectivity index (χ3v) is 3.53. The summed E-state index contributed by atoms with van der Waals surface area (Å²) in [6.07, 6.45) is 2.24. The third kappa shape index (κ3) is 1.68. The molecule has 1 heterocycles. The number of ether oxygens (including phenoxy) is 1. The fourth-order valence-electron chi connectivity index (χ4n) is 2.25. The number of nitriles is 1. The Kier molecular flexibility index (Phi) is 3.13. The lowest BCUT2D eigenvalue weighted by molar-refractivity contribution is -0.153. The highest BCUT2D eigenvalue weighted by Crippen LogP contribution is 2.42. The lowest BCUT2D eigenvalue weighted by Crippen LogP contribution is -2.56. The summed E-state index contributed by atoms with van der Waals surface area (Å²) in [6, 6.07) is 1.86. The summed E-state index contributed by atoms with van der Waals surface area (Å²) in [4.78, 5) is 13.9. The highest BCUT2D eigenvalue weighted by molar-refractivity contribution is 5.86. The zero-order valence-corrected chi connectivity index (χ0v) is 9.19. The fourth-order valence-corrected chi connectivity index (χ4v) is 2.25. The van der Waals surface area contributed by atoms with E-state index in [0.29, 0.717) is 32.6 Å². The summed E-state index contributed by atoms with van der Waals surface area (Å²) in [6.45, 7) is 1.23. The van der Waals surface area contributed by atoms with Gasteiger partial charge in [-0.2, -0.15) is 5.26 Å². The van der Waals surface area contributed by atoms with Crippen molar-refractivity contribution in [1.29, 1.82) is 5.26 Å². The largest absolute Gasteiger partial charge is 0.394 e. The number of hydrogen-bond donors (Lipinski definition) is 1. The number of amides is 1. The molecule has 0 radical (unpaired) electrons. The Balaban J connectivity index is 2.10. The average Bonchev–Trinajstić information content (AvgIpc) is 2.28. The Bertz CT molecular complexity index is 320. The monoisotopic (exact) mass is 224 g/mol. The molecule has 1 atom stereocenters. The Morgan fingerprint density at radius 1 is 1.62 bits per heavy atom. The van der Waals surface area contributed by atoms with E-state index >= 15 is 0 Å². The quantitative estimate of drug-likeness (QED) is 0.711. The number of nitrogens with zero attached hydrogens (tertiary/aromatic N) is 2. The van der Waals surface area contributed by atoms with E-state index in [9.17, 15) is 9.90 Å². The van der Waals surface area contributed by atoms with Gasteiger partial charge >= 0.3 is 0 Å². The van der Waals surface area contributed by atoms with Gasteiger partial charge in [-0.15, -0.1) is 0 Å². The molecule has 2 fully saturated rings. The van der Waals surface area contributed by atoms with Crippen LogP contribution in [0.5, 0.6) is 0 Å². The maximum absolute atomic E-state index is 12.2. The molecule has 1 saturated carbocycles. The maximum atomic E-state index is 12.2. The smallest absolute Gasteiger partial charge is 0.243 e. The maximum Gasteiger partial charge on any atom is 0.243 e. The molecule has 1 aliphatic carbocycles. The number of hydrogen-bond acceptors (Lipinski definition) is 4. The SMILES string of the molecule is N#CC1(C(=O)N2CCOCC2CO)CCC1.